The van der Waals surface area contributed by atoms with Crippen LogP contribution in [0.5, 0.6) is 0 Å². The van der Waals surface area contributed by atoms with Crippen LogP contribution in [0.4, 0.5) is 4.79 Å². The molecule has 1 aliphatic rings. The first-order valence-electron chi connectivity index (χ1n) is 6.62. The minimum atomic E-state index is -0.429. The Hall–Kier alpha value is -2.35. The van der Waals surface area contributed by atoms with Gasteiger partial charge in [-0.2, -0.15) is 5.26 Å². The average Bonchev–Trinajstić information content (AvgIpc) is 2.66. The van der Waals surface area contributed by atoms with E-state index in [-0.39, 0.29) is 18.5 Å². The van der Waals surface area contributed by atoms with Gasteiger partial charge < -0.3 is 5.32 Å². The van der Waals surface area contributed by atoms with Crippen molar-refractivity contribution in [1.82, 2.24) is 10.2 Å². The van der Waals surface area contributed by atoms with Crippen molar-refractivity contribution in [1.29, 1.82) is 5.26 Å². The highest BCUT2D eigenvalue weighted by molar-refractivity contribution is 6.04. The number of rotatable bonds is 4. The zero-order valence-corrected chi connectivity index (χ0v) is 11.6. The molecule has 0 spiro atoms. The molecule has 1 atom stereocenters. The van der Waals surface area contributed by atoms with Crippen molar-refractivity contribution in [2.75, 3.05) is 0 Å². The number of carbonyl (C=O) groups is 2. The Morgan fingerprint density at radius 2 is 2.15 bits per heavy atom. The minimum Gasteiger partial charge on any atom is -0.326 e. The largest absolute Gasteiger partial charge is 0.326 e. The van der Waals surface area contributed by atoms with Crippen LogP contribution in [0.25, 0.3) is 0 Å². The fourth-order valence-corrected chi connectivity index (χ4v) is 2.28. The molecule has 1 unspecified atom stereocenters. The molecule has 1 aliphatic heterocycles. The second-order valence-electron chi connectivity index (χ2n) is 5.37. The Bertz CT molecular complexity index is 575. The molecule has 1 saturated heterocycles. The molecule has 0 saturated carbocycles. The molecule has 1 fully saturated rings. The summed E-state index contributed by atoms with van der Waals surface area (Å²) in [5.74, 6) is 0.150. The Kier molecular flexibility index (Phi) is 4.04. The number of carbonyl (C=O) groups excluding carboxylic acids is 2. The summed E-state index contributed by atoms with van der Waals surface area (Å²) in [5.41, 5.74) is 1.30. The van der Waals surface area contributed by atoms with Crippen molar-refractivity contribution in [3.05, 3.63) is 35.4 Å². The van der Waals surface area contributed by atoms with Gasteiger partial charge >= 0.3 is 6.03 Å². The standard InChI is InChI=1S/C15H17N3O2/c1-10(2)6-13-14(19)18(15(20)17-13)9-12-5-3-4-11(7-12)8-16/h3-5,7,10,13H,6,9H2,1-2H3,(H,17,20). The van der Waals surface area contributed by atoms with E-state index in [4.69, 9.17) is 5.26 Å². The molecule has 104 valence electrons. The van der Waals surface area contributed by atoms with Crippen LogP contribution in [-0.2, 0) is 11.3 Å². The van der Waals surface area contributed by atoms with E-state index in [0.29, 0.717) is 17.9 Å². The van der Waals surface area contributed by atoms with E-state index in [1.165, 1.54) is 4.90 Å². The fraction of sp³-hybridized carbons (Fsp3) is 0.400. The highest BCUT2D eigenvalue weighted by Gasteiger charge is 2.37. The van der Waals surface area contributed by atoms with E-state index >= 15 is 0 Å². The molecule has 1 aromatic rings. The molecule has 1 heterocycles. The molecule has 0 aliphatic carbocycles. The summed E-state index contributed by atoms with van der Waals surface area (Å²) in [4.78, 5) is 25.3. The molecule has 5 nitrogen and oxygen atoms in total. The van der Waals surface area contributed by atoms with E-state index in [9.17, 15) is 9.59 Å². The second-order valence-corrected chi connectivity index (χ2v) is 5.37. The number of amides is 3. The van der Waals surface area contributed by atoms with Crippen LogP contribution in [0.1, 0.15) is 31.4 Å². The maximum Gasteiger partial charge on any atom is 0.325 e. The van der Waals surface area contributed by atoms with Gasteiger partial charge in [0.1, 0.15) is 6.04 Å². The van der Waals surface area contributed by atoms with Gasteiger partial charge in [-0.05, 0) is 30.0 Å². The van der Waals surface area contributed by atoms with Gasteiger partial charge in [0.25, 0.3) is 5.91 Å². The van der Waals surface area contributed by atoms with E-state index in [1.54, 1.807) is 24.3 Å². The molecule has 1 N–H and O–H groups in total. The van der Waals surface area contributed by atoms with Crippen LogP contribution in [0, 0.1) is 17.2 Å². The van der Waals surface area contributed by atoms with Crippen molar-refractivity contribution in [3.63, 3.8) is 0 Å². The van der Waals surface area contributed by atoms with Gasteiger partial charge in [-0.3, -0.25) is 9.69 Å². The Labute approximate surface area is 118 Å². The Morgan fingerprint density at radius 3 is 2.80 bits per heavy atom. The molecule has 5 heteroatoms. The van der Waals surface area contributed by atoms with Crippen LogP contribution in [0.3, 0.4) is 0 Å². The lowest BCUT2D eigenvalue weighted by Crippen LogP contribution is -2.31. The van der Waals surface area contributed by atoms with Gasteiger partial charge in [0.15, 0.2) is 0 Å². The second kappa shape index (κ2) is 5.74. The first-order valence-corrected chi connectivity index (χ1v) is 6.62. The maximum atomic E-state index is 12.2. The van der Waals surface area contributed by atoms with Crippen LogP contribution in [-0.4, -0.2) is 22.9 Å². The number of nitrogens with one attached hydrogen (secondary N) is 1. The number of urea groups is 1. The first-order chi connectivity index (χ1) is 9.51. The third-order valence-electron chi connectivity index (χ3n) is 3.21. The van der Waals surface area contributed by atoms with Crippen molar-refractivity contribution < 1.29 is 9.59 Å². The molecule has 1 aromatic carbocycles. The highest BCUT2D eigenvalue weighted by atomic mass is 16.2. The van der Waals surface area contributed by atoms with Crippen LogP contribution in [0.2, 0.25) is 0 Å². The zero-order chi connectivity index (χ0) is 14.7. The van der Waals surface area contributed by atoms with Crippen LogP contribution < -0.4 is 5.32 Å². The van der Waals surface area contributed by atoms with Crippen LogP contribution in [0.15, 0.2) is 24.3 Å². The molecule has 0 bridgehead atoms. The van der Waals surface area contributed by atoms with Crippen molar-refractivity contribution in [3.8, 4) is 6.07 Å². The monoisotopic (exact) mass is 271 g/mol. The number of nitriles is 1. The Morgan fingerprint density at radius 1 is 1.40 bits per heavy atom. The van der Waals surface area contributed by atoms with Gasteiger partial charge in [-0.25, -0.2) is 4.79 Å². The average molecular weight is 271 g/mol. The third-order valence-corrected chi connectivity index (χ3v) is 3.21. The number of hydrogen-bond acceptors (Lipinski definition) is 3. The van der Waals surface area contributed by atoms with Gasteiger partial charge in [0.05, 0.1) is 18.2 Å². The predicted molar refractivity (Wildman–Crippen MR) is 73.5 cm³/mol. The lowest BCUT2D eigenvalue weighted by atomic mass is 10.0. The minimum absolute atomic E-state index is 0.189. The lowest BCUT2D eigenvalue weighted by Gasteiger charge is -2.14. The first kappa shape index (κ1) is 14.1. The highest BCUT2D eigenvalue weighted by Crippen LogP contribution is 2.17. The Balaban J connectivity index is 2.11. The summed E-state index contributed by atoms with van der Waals surface area (Å²) in [6.07, 6.45) is 0.638. The summed E-state index contributed by atoms with van der Waals surface area (Å²) < 4.78 is 0. The summed E-state index contributed by atoms with van der Waals surface area (Å²) >= 11 is 0. The summed E-state index contributed by atoms with van der Waals surface area (Å²) in [6, 6.07) is 8.19. The summed E-state index contributed by atoms with van der Waals surface area (Å²) in [7, 11) is 0. The van der Waals surface area contributed by atoms with Crippen molar-refractivity contribution >= 4 is 11.9 Å². The lowest BCUT2D eigenvalue weighted by molar-refractivity contribution is -0.128. The van der Waals surface area contributed by atoms with Gasteiger partial charge in [-0.1, -0.05) is 26.0 Å². The normalized spacial score (nSPS) is 18.3. The smallest absolute Gasteiger partial charge is 0.325 e. The van der Waals surface area contributed by atoms with Crippen molar-refractivity contribution in [2.24, 2.45) is 5.92 Å². The molecule has 2 rings (SSSR count). The molecule has 0 aromatic heterocycles. The molecular formula is C15H17N3O2. The van der Waals surface area contributed by atoms with E-state index in [1.807, 2.05) is 19.9 Å². The predicted octanol–water partition coefficient (Wildman–Crippen LogP) is 2.02. The van der Waals surface area contributed by atoms with Gasteiger partial charge in [-0.15, -0.1) is 0 Å². The molecule has 0 radical (unpaired) electrons. The third kappa shape index (κ3) is 2.97. The maximum absolute atomic E-state index is 12.2. The number of imide groups is 1. The van der Waals surface area contributed by atoms with Gasteiger partial charge in [0.2, 0.25) is 0 Å². The summed E-state index contributed by atoms with van der Waals surface area (Å²) in [6.45, 7) is 4.23. The number of nitrogens with zero attached hydrogens (tertiary/aromatic N) is 2. The fourth-order valence-electron chi connectivity index (χ4n) is 2.28. The summed E-state index contributed by atoms with van der Waals surface area (Å²) in [5, 5.41) is 11.6. The molecular weight excluding hydrogens is 254 g/mol. The molecule has 20 heavy (non-hydrogen) atoms. The zero-order valence-electron chi connectivity index (χ0n) is 11.6. The SMILES string of the molecule is CC(C)CC1NC(=O)N(Cc2cccc(C#N)c2)C1=O. The van der Waals surface area contributed by atoms with Crippen molar-refractivity contribution in [2.45, 2.75) is 32.9 Å². The van der Waals surface area contributed by atoms with E-state index < -0.39 is 6.04 Å². The topological polar surface area (TPSA) is 73.2 Å². The molecule has 3 amide bonds. The van der Waals surface area contributed by atoms with Crippen LogP contribution >= 0.6 is 0 Å². The van der Waals surface area contributed by atoms with E-state index in [0.717, 1.165) is 5.56 Å². The van der Waals surface area contributed by atoms with Gasteiger partial charge in [0, 0.05) is 0 Å². The number of hydrogen-bond donors (Lipinski definition) is 1. The van der Waals surface area contributed by atoms with E-state index in [2.05, 4.69) is 5.32 Å². The number of benzene rings is 1. The quantitative estimate of drug-likeness (QED) is 0.851.